The third kappa shape index (κ3) is 3.81. The SMILES string of the molecule is O=C(CCN1CCOCC1)N1CCc2[nH]nc(-c3ccccc3)c2CC1. The molecule has 0 atom stereocenters. The van der Waals surface area contributed by atoms with E-state index in [0.29, 0.717) is 6.42 Å². The Morgan fingerprint density at radius 2 is 1.85 bits per heavy atom. The van der Waals surface area contributed by atoms with E-state index in [0.717, 1.165) is 70.0 Å². The van der Waals surface area contributed by atoms with E-state index in [1.807, 2.05) is 23.1 Å². The highest BCUT2D eigenvalue weighted by Crippen LogP contribution is 2.26. The van der Waals surface area contributed by atoms with Gasteiger partial charge in [-0.25, -0.2) is 0 Å². The van der Waals surface area contributed by atoms with Gasteiger partial charge >= 0.3 is 0 Å². The molecule has 138 valence electrons. The minimum atomic E-state index is 0.260. The topological polar surface area (TPSA) is 61.5 Å². The van der Waals surface area contributed by atoms with Crippen molar-refractivity contribution in [2.45, 2.75) is 19.3 Å². The number of H-pyrrole nitrogens is 1. The number of aromatic nitrogens is 2. The molecule has 26 heavy (non-hydrogen) atoms. The van der Waals surface area contributed by atoms with Crippen LogP contribution in [0.5, 0.6) is 0 Å². The number of hydrogen-bond donors (Lipinski definition) is 1. The number of morpholine rings is 1. The Morgan fingerprint density at radius 3 is 2.65 bits per heavy atom. The zero-order chi connectivity index (χ0) is 17.8. The molecule has 1 saturated heterocycles. The molecule has 1 aromatic carbocycles. The highest BCUT2D eigenvalue weighted by Gasteiger charge is 2.23. The van der Waals surface area contributed by atoms with Crippen LogP contribution >= 0.6 is 0 Å². The lowest BCUT2D eigenvalue weighted by Crippen LogP contribution is -2.40. The summed E-state index contributed by atoms with van der Waals surface area (Å²) in [6.45, 7) is 5.80. The first-order valence-corrected chi connectivity index (χ1v) is 9.50. The first-order valence-electron chi connectivity index (χ1n) is 9.50. The van der Waals surface area contributed by atoms with Crippen LogP contribution in [0.25, 0.3) is 11.3 Å². The highest BCUT2D eigenvalue weighted by atomic mass is 16.5. The van der Waals surface area contributed by atoms with Crippen LogP contribution in [-0.4, -0.2) is 71.8 Å². The van der Waals surface area contributed by atoms with Crippen LogP contribution in [0.1, 0.15) is 17.7 Å². The van der Waals surface area contributed by atoms with Gasteiger partial charge in [-0.15, -0.1) is 0 Å². The fraction of sp³-hybridized carbons (Fsp3) is 0.500. The van der Waals surface area contributed by atoms with Crippen molar-refractivity contribution in [2.75, 3.05) is 45.9 Å². The summed E-state index contributed by atoms with van der Waals surface area (Å²) in [6, 6.07) is 10.3. The quantitative estimate of drug-likeness (QED) is 0.908. The third-order valence-corrected chi connectivity index (χ3v) is 5.36. The van der Waals surface area contributed by atoms with E-state index in [2.05, 4.69) is 27.2 Å². The van der Waals surface area contributed by atoms with Crippen molar-refractivity contribution in [3.63, 3.8) is 0 Å². The predicted octanol–water partition coefficient (Wildman–Crippen LogP) is 1.73. The second kappa shape index (κ2) is 8.01. The smallest absolute Gasteiger partial charge is 0.223 e. The Balaban J connectivity index is 1.37. The number of amides is 1. The molecular weight excluding hydrogens is 328 g/mol. The molecule has 6 heteroatoms. The summed E-state index contributed by atoms with van der Waals surface area (Å²) in [5.41, 5.74) is 4.60. The molecule has 3 heterocycles. The number of benzene rings is 1. The highest BCUT2D eigenvalue weighted by molar-refractivity contribution is 5.76. The number of carbonyl (C=O) groups is 1. The third-order valence-electron chi connectivity index (χ3n) is 5.36. The van der Waals surface area contributed by atoms with E-state index >= 15 is 0 Å². The molecule has 0 aliphatic carbocycles. The second-order valence-electron chi connectivity index (χ2n) is 6.98. The number of aromatic amines is 1. The summed E-state index contributed by atoms with van der Waals surface area (Å²) in [5, 5.41) is 7.73. The van der Waals surface area contributed by atoms with E-state index in [1.165, 1.54) is 11.3 Å². The summed E-state index contributed by atoms with van der Waals surface area (Å²) in [6.07, 6.45) is 2.30. The number of carbonyl (C=O) groups excluding carboxylic acids is 1. The molecule has 1 fully saturated rings. The lowest BCUT2D eigenvalue weighted by molar-refractivity contribution is -0.131. The molecule has 1 N–H and O–H groups in total. The van der Waals surface area contributed by atoms with Crippen molar-refractivity contribution in [3.8, 4) is 11.3 Å². The molecule has 0 spiro atoms. The summed E-state index contributed by atoms with van der Waals surface area (Å²) >= 11 is 0. The number of fused-ring (bicyclic) bond motifs is 1. The molecular formula is C20H26N4O2. The van der Waals surface area contributed by atoms with Gasteiger partial charge in [0.2, 0.25) is 5.91 Å². The van der Waals surface area contributed by atoms with E-state index in [1.54, 1.807) is 0 Å². The van der Waals surface area contributed by atoms with Gasteiger partial charge < -0.3 is 9.64 Å². The number of nitrogens with zero attached hydrogens (tertiary/aromatic N) is 3. The Bertz CT molecular complexity index is 738. The van der Waals surface area contributed by atoms with Crippen molar-refractivity contribution < 1.29 is 9.53 Å². The maximum absolute atomic E-state index is 12.7. The maximum atomic E-state index is 12.7. The first kappa shape index (κ1) is 17.2. The monoisotopic (exact) mass is 354 g/mol. The van der Waals surface area contributed by atoms with Crippen molar-refractivity contribution >= 4 is 5.91 Å². The van der Waals surface area contributed by atoms with E-state index in [9.17, 15) is 4.79 Å². The van der Waals surface area contributed by atoms with Gasteiger partial charge in [-0.3, -0.25) is 14.8 Å². The largest absolute Gasteiger partial charge is 0.379 e. The molecule has 1 aromatic heterocycles. The summed E-state index contributed by atoms with van der Waals surface area (Å²) in [5.74, 6) is 0.260. The van der Waals surface area contributed by atoms with Gasteiger partial charge in [-0.1, -0.05) is 30.3 Å². The Labute approximate surface area is 154 Å². The van der Waals surface area contributed by atoms with Crippen LogP contribution < -0.4 is 0 Å². The van der Waals surface area contributed by atoms with E-state index < -0.39 is 0 Å². The van der Waals surface area contributed by atoms with Gasteiger partial charge in [-0.05, 0) is 6.42 Å². The van der Waals surface area contributed by atoms with Gasteiger partial charge in [0.25, 0.3) is 0 Å². The molecule has 0 radical (unpaired) electrons. The van der Waals surface area contributed by atoms with Crippen molar-refractivity contribution in [3.05, 3.63) is 41.6 Å². The molecule has 0 unspecified atom stereocenters. The second-order valence-corrected chi connectivity index (χ2v) is 6.98. The van der Waals surface area contributed by atoms with Crippen LogP contribution in [0.2, 0.25) is 0 Å². The van der Waals surface area contributed by atoms with Crippen molar-refractivity contribution in [1.29, 1.82) is 0 Å². The lowest BCUT2D eigenvalue weighted by atomic mass is 10.0. The molecule has 2 aliphatic rings. The average molecular weight is 354 g/mol. The fourth-order valence-electron chi connectivity index (χ4n) is 3.80. The number of rotatable bonds is 4. The molecule has 2 aliphatic heterocycles. The van der Waals surface area contributed by atoms with Crippen LogP contribution in [0.4, 0.5) is 0 Å². The zero-order valence-electron chi connectivity index (χ0n) is 15.1. The molecule has 1 amide bonds. The lowest BCUT2D eigenvalue weighted by Gasteiger charge is -2.27. The van der Waals surface area contributed by atoms with Crippen LogP contribution in [0, 0.1) is 0 Å². The Kier molecular flexibility index (Phi) is 5.32. The van der Waals surface area contributed by atoms with Crippen LogP contribution in [0.15, 0.2) is 30.3 Å². The molecule has 0 bridgehead atoms. The number of ether oxygens (including phenoxy) is 1. The maximum Gasteiger partial charge on any atom is 0.223 e. The Hall–Kier alpha value is -2.18. The normalized spacial score (nSPS) is 18.4. The number of hydrogen-bond acceptors (Lipinski definition) is 4. The first-order chi connectivity index (χ1) is 12.8. The molecule has 6 nitrogen and oxygen atoms in total. The molecule has 2 aromatic rings. The summed E-state index contributed by atoms with van der Waals surface area (Å²) < 4.78 is 5.37. The minimum absolute atomic E-state index is 0.260. The van der Waals surface area contributed by atoms with E-state index in [-0.39, 0.29) is 5.91 Å². The van der Waals surface area contributed by atoms with Crippen LogP contribution in [0.3, 0.4) is 0 Å². The van der Waals surface area contributed by atoms with Crippen molar-refractivity contribution in [1.82, 2.24) is 20.0 Å². The van der Waals surface area contributed by atoms with Gasteiger partial charge in [0.05, 0.1) is 18.9 Å². The molecule has 0 saturated carbocycles. The number of nitrogens with one attached hydrogen (secondary N) is 1. The average Bonchev–Trinajstić information content (AvgIpc) is 2.99. The fourth-order valence-corrected chi connectivity index (χ4v) is 3.80. The van der Waals surface area contributed by atoms with Gasteiger partial charge in [0.1, 0.15) is 0 Å². The van der Waals surface area contributed by atoms with Crippen LogP contribution in [-0.2, 0) is 22.4 Å². The van der Waals surface area contributed by atoms with Crippen molar-refractivity contribution in [2.24, 2.45) is 0 Å². The Morgan fingerprint density at radius 1 is 1.08 bits per heavy atom. The zero-order valence-corrected chi connectivity index (χ0v) is 15.1. The van der Waals surface area contributed by atoms with Gasteiger partial charge in [-0.2, -0.15) is 5.10 Å². The summed E-state index contributed by atoms with van der Waals surface area (Å²) in [4.78, 5) is 17.0. The van der Waals surface area contributed by atoms with Gasteiger partial charge in [0.15, 0.2) is 0 Å². The summed E-state index contributed by atoms with van der Waals surface area (Å²) in [7, 11) is 0. The van der Waals surface area contributed by atoms with Gasteiger partial charge in [0, 0.05) is 62.4 Å². The standard InChI is InChI=1S/C20H26N4O2/c25-19(8-9-23-12-14-26-15-13-23)24-10-6-17-18(7-11-24)21-22-20(17)16-4-2-1-3-5-16/h1-5H,6-15H2,(H,21,22). The molecule has 4 rings (SSSR count). The minimum Gasteiger partial charge on any atom is -0.379 e. The van der Waals surface area contributed by atoms with E-state index in [4.69, 9.17) is 4.74 Å². The predicted molar refractivity (Wildman–Crippen MR) is 99.9 cm³/mol.